The second-order valence-corrected chi connectivity index (χ2v) is 4.97. The molecule has 20 heavy (non-hydrogen) atoms. The molecule has 7 nitrogen and oxygen atoms in total. The van der Waals surface area contributed by atoms with Crippen LogP contribution in [0.5, 0.6) is 0 Å². The third-order valence-corrected chi connectivity index (χ3v) is 3.49. The summed E-state index contributed by atoms with van der Waals surface area (Å²) in [6.07, 6.45) is 2.12. The zero-order chi connectivity index (χ0) is 14.4. The van der Waals surface area contributed by atoms with Gasteiger partial charge < -0.3 is 21.3 Å². The molecule has 0 aliphatic carbocycles. The summed E-state index contributed by atoms with van der Waals surface area (Å²) in [5.74, 6) is 0.253. The van der Waals surface area contributed by atoms with Crippen molar-refractivity contribution in [3.8, 4) is 0 Å². The molecule has 1 aromatic rings. The minimum Gasteiger partial charge on any atom is -0.364 e. The van der Waals surface area contributed by atoms with E-state index in [-0.39, 0.29) is 5.69 Å². The summed E-state index contributed by atoms with van der Waals surface area (Å²) in [6, 6.07) is 3.43. The van der Waals surface area contributed by atoms with Gasteiger partial charge in [-0.05, 0) is 44.6 Å². The first-order valence-corrected chi connectivity index (χ1v) is 7.01. The van der Waals surface area contributed by atoms with Crippen LogP contribution >= 0.6 is 0 Å². The zero-order valence-electron chi connectivity index (χ0n) is 11.7. The van der Waals surface area contributed by atoms with E-state index in [1.807, 2.05) is 6.07 Å². The maximum atomic E-state index is 11.0. The van der Waals surface area contributed by atoms with Crippen molar-refractivity contribution < 1.29 is 4.79 Å². The van der Waals surface area contributed by atoms with E-state index in [9.17, 15) is 4.79 Å². The Bertz CT molecular complexity index is 435. The fourth-order valence-corrected chi connectivity index (χ4v) is 2.36. The fraction of sp³-hybridized carbons (Fsp3) is 0.615. The number of primary amides is 1. The van der Waals surface area contributed by atoms with Crippen molar-refractivity contribution in [1.82, 2.24) is 15.1 Å². The molecule has 1 aliphatic rings. The number of aromatic nitrogens is 2. The molecular formula is C13H22N6O. The highest BCUT2D eigenvalue weighted by Crippen LogP contribution is 2.13. The quantitative estimate of drug-likeness (QED) is 0.748. The van der Waals surface area contributed by atoms with Gasteiger partial charge in [0, 0.05) is 19.6 Å². The number of anilines is 1. The molecule has 0 aromatic carbocycles. The van der Waals surface area contributed by atoms with Crippen molar-refractivity contribution in [2.75, 3.05) is 44.2 Å². The Balaban J connectivity index is 1.94. The predicted octanol–water partition coefficient (Wildman–Crippen LogP) is -0.564. The van der Waals surface area contributed by atoms with Crippen LogP contribution in [0.1, 0.15) is 23.3 Å². The van der Waals surface area contributed by atoms with Crippen LogP contribution < -0.4 is 16.4 Å². The molecule has 0 spiro atoms. The molecule has 0 saturated carbocycles. The van der Waals surface area contributed by atoms with Crippen LogP contribution in [0.2, 0.25) is 0 Å². The van der Waals surface area contributed by atoms with Gasteiger partial charge in [0.2, 0.25) is 0 Å². The van der Waals surface area contributed by atoms with Crippen LogP contribution in [0, 0.1) is 0 Å². The van der Waals surface area contributed by atoms with Gasteiger partial charge in [0.1, 0.15) is 0 Å². The summed E-state index contributed by atoms with van der Waals surface area (Å²) >= 11 is 0. The summed E-state index contributed by atoms with van der Waals surface area (Å²) < 4.78 is 0. The van der Waals surface area contributed by atoms with Crippen LogP contribution in [0.15, 0.2) is 12.1 Å². The minimum atomic E-state index is -0.548. The Kier molecular flexibility index (Phi) is 5.25. The van der Waals surface area contributed by atoms with Gasteiger partial charge in [0.25, 0.3) is 5.91 Å². The van der Waals surface area contributed by atoms with Crippen LogP contribution in [0.3, 0.4) is 0 Å². The Labute approximate surface area is 118 Å². The maximum Gasteiger partial charge on any atom is 0.269 e. The Morgan fingerprint density at radius 2 is 2.05 bits per heavy atom. The molecule has 110 valence electrons. The van der Waals surface area contributed by atoms with Crippen molar-refractivity contribution in [3.63, 3.8) is 0 Å². The molecule has 1 aliphatic heterocycles. The Morgan fingerprint density at radius 1 is 1.20 bits per heavy atom. The molecular weight excluding hydrogens is 256 g/mol. The summed E-state index contributed by atoms with van der Waals surface area (Å²) in [6.45, 7) is 5.73. The van der Waals surface area contributed by atoms with Crippen molar-refractivity contribution in [1.29, 1.82) is 0 Å². The van der Waals surface area contributed by atoms with E-state index in [0.29, 0.717) is 0 Å². The number of nitrogens with zero attached hydrogens (tertiary/aromatic N) is 4. The third kappa shape index (κ3) is 3.88. The number of nitrogens with two attached hydrogens (primary N) is 2. The number of hydrogen-bond donors (Lipinski definition) is 2. The first kappa shape index (κ1) is 14.7. The van der Waals surface area contributed by atoms with Crippen LogP contribution in [-0.4, -0.2) is 60.3 Å². The van der Waals surface area contributed by atoms with Gasteiger partial charge in [0.05, 0.1) is 0 Å². The smallest absolute Gasteiger partial charge is 0.269 e. The average molecular weight is 278 g/mol. The molecule has 0 bridgehead atoms. The summed E-state index contributed by atoms with van der Waals surface area (Å²) in [5, 5.41) is 7.95. The zero-order valence-corrected chi connectivity index (χ0v) is 11.7. The molecule has 1 amide bonds. The SMILES string of the molecule is NCCCN1CCCN(c2ccc(C(N)=O)nn2)CC1. The van der Waals surface area contributed by atoms with E-state index in [1.54, 1.807) is 6.07 Å². The summed E-state index contributed by atoms with van der Waals surface area (Å²) in [4.78, 5) is 15.6. The van der Waals surface area contributed by atoms with Crippen LogP contribution in [-0.2, 0) is 0 Å². The predicted molar refractivity (Wildman–Crippen MR) is 77.5 cm³/mol. The van der Waals surface area contributed by atoms with Gasteiger partial charge in [0.15, 0.2) is 11.5 Å². The normalized spacial score (nSPS) is 16.9. The molecule has 0 radical (unpaired) electrons. The maximum absolute atomic E-state index is 11.0. The van der Waals surface area contributed by atoms with Crippen molar-refractivity contribution in [2.45, 2.75) is 12.8 Å². The molecule has 2 rings (SSSR count). The van der Waals surface area contributed by atoms with E-state index < -0.39 is 5.91 Å². The molecule has 0 atom stereocenters. The Hall–Kier alpha value is -1.73. The lowest BCUT2D eigenvalue weighted by molar-refractivity contribution is 0.0994. The second kappa shape index (κ2) is 7.16. The molecule has 2 heterocycles. The largest absolute Gasteiger partial charge is 0.364 e. The minimum absolute atomic E-state index is 0.202. The highest BCUT2D eigenvalue weighted by molar-refractivity contribution is 5.90. The van der Waals surface area contributed by atoms with Gasteiger partial charge in [-0.1, -0.05) is 0 Å². The molecule has 4 N–H and O–H groups in total. The van der Waals surface area contributed by atoms with E-state index in [2.05, 4.69) is 20.0 Å². The molecule has 1 aromatic heterocycles. The Morgan fingerprint density at radius 3 is 2.70 bits per heavy atom. The van der Waals surface area contributed by atoms with Gasteiger partial charge in [-0.15, -0.1) is 10.2 Å². The van der Waals surface area contributed by atoms with E-state index in [1.165, 1.54) is 0 Å². The van der Waals surface area contributed by atoms with Crippen LogP contribution in [0.25, 0.3) is 0 Å². The number of carbonyl (C=O) groups excluding carboxylic acids is 1. The summed E-state index contributed by atoms with van der Waals surface area (Å²) in [5.41, 5.74) is 10.9. The van der Waals surface area contributed by atoms with E-state index in [4.69, 9.17) is 11.5 Å². The molecule has 0 unspecified atom stereocenters. The molecule has 7 heteroatoms. The number of carbonyl (C=O) groups is 1. The highest BCUT2D eigenvalue weighted by atomic mass is 16.1. The van der Waals surface area contributed by atoms with Crippen molar-refractivity contribution in [3.05, 3.63) is 17.8 Å². The summed E-state index contributed by atoms with van der Waals surface area (Å²) in [7, 11) is 0. The first-order chi connectivity index (χ1) is 9.70. The number of rotatable bonds is 5. The first-order valence-electron chi connectivity index (χ1n) is 7.01. The molecule has 1 saturated heterocycles. The number of amides is 1. The van der Waals surface area contributed by atoms with Crippen LogP contribution in [0.4, 0.5) is 5.82 Å². The average Bonchev–Trinajstić information content (AvgIpc) is 2.70. The van der Waals surface area contributed by atoms with Gasteiger partial charge in [-0.25, -0.2) is 0 Å². The second-order valence-electron chi connectivity index (χ2n) is 4.97. The topological polar surface area (TPSA) is 101 Å². The highest BCUT2D eigenvalue weighted by Gasteiger charge is 2.16. The lowest BCUT2D eigenvalue weighted by Gasteiger charge is -2.22. The third-order valence-electron chi connectivity index (χ3n) is 3.49. The van der Waals surface area contributed by atoms with E-state index in [0.717, 1.165) is 57.9 Å². The standard InChI is InChI=1S/C13H22N6O/c14-5-1-6-18-7-2-8-19(10-9-18)12-4-3-11(13(15)20)16-17-12/h3-4H,1-2,5-10,14H2,(H2,15,20). The van der Waals surface area contributed by atoms with Crippen molar-refractivity contribution in [2.24, 2.45) is 11.5 Å². The lowest BCUT2D eigenvalue weighted by atomic mass is 10.3. The van der Waals surface area contributed by atoms with Gasteiger partial charge in [-0.2, -0.15) is 0 Å². The number of hydrogen-bond acceptors (Lipinski definition) is 6. The van der Waals surface area contributed by atoms with Gasteiger partial charge in [-0.3, -0.25) is 4.79 Å². The van der Waals surface area contributed by atoms with Crippen molar-refractivity contribution >= 4 is 11.7 Å². The van der Waals surface area contributed by atoms with Gasteiger partial charge >= 0.3 is 0 Å². The fourth-order valence-electron chi connectivity index (χ4n) is 2.36. The molecule has 1 fully saturated rings. The monoisotopic (exact) mass is 278 g/mol. The van der Waals surface area contributed by atoms with E-state index >= 15 is 0 Å². The lowest BCUT2D eigenvalue weighted by Crippen LogP contribution is -2.32.